The minimum Gasteiger partial charge on any atom is -0.326 e. The average Bonchev–Trinajstić information content (AvgIpc) is 3.17. The number of nitrogens with two attached hydrogens (primary N) is 1. The highest BCUT2D eigenvalue weighted by Gasteiger charge is 2.16. The Kier molecular flexibility index (Phi) is 6.28. The summed E-state index contributed by atoms with van der Waals surface area (Å²) in [4.78, 5) is 12.5. The minimum atomic E-state index is -3.84. The molecule has 0 aliphatic carbocycles. The van der Waals surface area contributed by atoms with Crippen molar-refractivity contribution in [2.75, 3.05) is 5.32 Å². The molecule has 0 unspecified atom stereocenters. The fraction of sp³-hybridized carbons (Fsp3) is 0.0435. The third-order valence-electron chi connectivity index (χ3n) is 4.76. The van der Waals surface area contributed by atoms with Crippen LogP contribution < -0.4 is 10.5 Å². The number of primary sulfonamides is 1. The van der Waals surface area contributed by atoms with Crippen molar-refractivity contribution in [3.05, 3.63) is 95.4 Å². The number of hydrogen-bond donors (Lipinski definition) is 2. The van der Waals surface area contributed by atoms with Crippen molar-refractivity contribution >= 4 is 33.2 Å². The number of halogens is 2. The summed E-state index contributed by atoms with van der Waals surface area (Å²) in [6.07, 6.45) is -0.0562. The molecule has 0 atom stereocenters. The SMILES string of the molecule is NS(=O)(=O)c1ccc(-n2nc(CC(=O)Nc3cccc(F)c3)cc2-c2ccc(Cl)cc2)cc1. The van der Waals surface area contributed by atoms with E-state index in [4.69, 9.17) is 16.7 Å². The molecule has 4 rings (SSSR count). The molecule has 3 N–H and O–H groups in total. The number of benzene rings is 3. The Labute approximate surface area is 194 Å². The summed E-state index contributed by atoms with van der Waals surface area (Å²) in [5.74, 6) is -0.817. The van der Waals surface area contributed by atoms with Crippen molar-refractivity contribution in [1.29, 1.82) is 0 Å². The molecule has 0 aliphatic rings. The zero-order valence-electron chi connectivity index (χ0n) is 17.1. The Balaban J connectivity index is 1.68. The summed E-state index contributed by atoms with van der Waals surface area (Å²) in [7, 11) is -3.84. The molecule has 10 heteroatoms. The molecule has 4 aromatic rings. The van der Waals surface area contributed by atoms with Crippen molar-refractivity contribution in [2.45, 2.75) is 11.3 Å². The lowest BCUT2D eigenvalue weighted by Crippen LogP contribution is -2.15. The average molecular weight is 485 g/mol. The maximum Gasteiger partial charge on any atom is 0.238 e. The van der Waals surface area contributed by atoms with Crippen LogP contribution in [-0.4, -0.2) is 24.1 Å². The lowest BCUT2D eigenvalue weighted by Gasteiger charge is -2.08. The zero-order valence-corrected chi connectivity index (χ0v) is 18.6. The predicted molar refractivity (Wildman–Crippen MR) is 124 cm³/mol. The van der Waals surface area contributed by atoms with E-state index in [1.165, 1.54) is 30.3 Å². The number of carbonyl (C=O) groups excluding carboxylic acids is 1. The van der Waals surface area contributed by atoms with E-state index in [9.17, 15) is 17.6 Å². The van der Waals surface area contributed by atoms with Crippen LogP contribution in [0.5, 0.6) is 0 Å². The summed E-state index contributed by atoms with van der Waals surface area (Å²) < 4.78 is 38.1. The highest BCUT2D eigenvalue weighted by atomic mass is 35.5. The second kappa shape index (κ2) is 9.14. The van der Waals surface area contributed by atoms with Gasteiger partial charge in [0.2, 0.25) is 15.9 Å². The summed E-state index contributed by atoms with van der Waals surface area (Å²) in [5.41, 5.74) is 2.84. The van der Waals surface area contributed by atoms with Gasteiger partial charge in [0.25, 0.3) is 0 Å². The highest BCUT2D eigenvalue weighted by Crippen LogP contribution is 2.26. The molecular formula is C23H18ClFN4O3S. The Morgan fingerprint density at radius 3 is 2.36 bits per heavy atom. The highest BCUT2D eigenvalue weighted by molar-refractivity contribution is 7.89. The number of aromatic nitrogens is 2. The molecule has 0 aliphatic heterocycles. The molecule has 0 fully saturated rings. The minimum absolute atomic E-state index is 0.0267. The Morgan fingerprint density at radius 2 is 1.73 bits per heavy atom. The molecule has 168 valence electrons. The number of nitrogens with zero attached hydrogens (tertiary/aromatic N) is 2. The maximum absolute atomic E-state index is 13.4. The van der Waals surface area contributed by atoms with Gasteiger partial charge in [0.1, 0.15) is 5.82 Å². The standard InChI is InChI=1S/C23H18ClFN4O3S/c24-16-6-4-15(5-7-16)22-13-19(14-23(30)27-18-3-1-2-17(25)12-18)28-29(22)20-8-10-21(11-9-20)33(26,31)32/h1-13H,14H2,(H,27,30)(H2,26,31,32). The van der Waals surface area contributed by atoms with Crippen LogP contribution in [0.3, 0.4) is 0 Å². The summed E-state index contributed by atoms with van der Waals surface area (Å²) in [6.45, 7) is 0. The van der Waals surface area contributed by atoms with Gasteiger partial charge in [-0.1, -0.05) is 29.8 Å². The third-order valence-corrected chi connectivity index (χ3v) is 5.94. The molecule has 0 saturated carbocycles. The van der Waals surface area contributed by atoms with E-state index < -0.39 is 15.8 Å². The molecule has 33 heavy (non-hydrogen) atoms. The molecule has 0 spiro atoms. The van der Waals surface area contributed by atoms with Crippen molar-refractivity contribution in [1.82, 2.24) is 9.78 Å². The van der Waals surface area contributed by atoms with Gasteiger partial charge in [-0.25, -0.2) is 22.6 Å². The number of sulfonamides is 1. The fourth-order valence-corrected chi connectivity index (χ4v) is 3.89. The maximum atomic E-state index is 13.4. The van der Waals surface area contributed by atoms with Crippen LogP contribution in [0.25, 0.3) is 16.9 Å². The van der Waals surface area contributed by atoms with Crippen LogP contribution in [-0.2, 0) is 21.2 Å². The van der Waals surface area contributed by atoms with Gasteiger partial charge < -0.3 is 5.32 Å². The summed E-state index contributed by atoms with van der Waals surface area (Å²) in [6, 6.07) is 20.4. The van der Waals surface area contributed by atoms with Gasteiger partial charge in [-0.15, -0.1) is 0 Å². The van der Waals surface area contributed by atoms with Gasteiger partial charge in [0.15, 0.2) is 0 Å². The van der Waals surface area contributed by atoms with Crippen LogP contribution in [0.2, 0.25) is 5.02 Å². The van der Waals surface area contributed by atoms with Crippen molar-refractivity contribution in [3.8, 4) is 16.9 Å². The molecule has 0 radical (unpaired) electrons. The number of nitrogens with one attached hydrogen (secondary N) is 1. The third kappa shape index (κ3) is 5.46. The number of carbonyl (C=O) groups is 1. The van der Waals surface area contributed by atoms with Crippen molar-refractivity contribution < 1.29 is 17.6 Å². The number of rotatable bonds is 6. The van der Waals surface area contributed by atoms with Crippen LogP contribution in [0.1, 0.15) is 5.69 Å². The van der Waals surface area contributed by atoms with E-state index in [1.54, 1.807) is 41.1 Å². The first-order valence-electron chi connectivity index (χ1n) is 9.72. The van der Waals surface area contributed by atoms with E-state index in [0.29, 0.717) is 27.8 Å². The smallest absolute Gasteiger partial charge is 0.238 e. The number of hydrogen-bond acceptors (Lipinski definition) is 4. The van der Waals surface area contributed by atoms with E-state index in [0.717, 1.165) is 5.56 Å². The largest absolute Gasteiger partial charge is 0.326 e. The van der Waals surface area contributed by atoms with Gasteiger partial charge in [0, 0.05) is 16.3 Å². The molecular weight excluding hydrogens is 467 g/mol. The zero-order chi connectivity index (χ0) is 23.6. The molecule has 7 nitrogen and oxygen atoms in total. The second-order valence-corrected chi connectivity index (χ2v) is 9.21. The lowest BCUT2D eigenvalue weighted by molar-refractivity contribution is -0.115. The van der Waals surface area contributed by atoms with E-state index in [1.807, 2.05) is 12.1 Å². The molecule has 1 heterocycles. The molecule has 3 aromatic carbocycles. The van der Waals surface area contributed by atoms with Crippen LogP contribution in [0, 0.1) is 5.82 Å². The van der Waals surface area contributed by atoms with Gasteiger partial charge in [-0.2, -0.15) is 5.10 Å². The first-order chi connectivity index (χ1) is 15.7. The molecule has 0 bridgehead atoms. The van der Waals surface area contributed by atoms with E-state index >= 15 is 0 Å². The van der Waals surface area contributed by atoms with Crippen molar-refractivity contribution in [3.63, 3.8) is 0 Å². The topological polar surface area (TPSA) is 107 Å². The first-order valence-corrected chi connectivity index (χ1v) is 11.6. The number of anilines is 1. The van der Waals surface area contributed by atoms with E-state index in [-0.39, 0.29) is 17.2 Å². The molecule has 0 saturated heterocycles. The Hall–Kier alpha value is -3.53. The summed E-state index contributed by atoms with van der Waals surface area (Å²) in [5, 5.41) is 12.9. The number of amides is 1. The summed E-state index contributed by atoms with van der Waals surface area (Å²) >= 11 is 6.01. The fourth-order valence-electron chi connectivity index (χ4n) is 3.25. The van der Waals surface area contributed by atoms with Gasteiger partial charge in [0.05, 0.1) is 28.4 Å². The van der Waals surface area contributed by atoms with Crippen molar-refractivity contribution in [2.24, 2.45) is 5.14 Å². The van der Waals surface area contributed by atoms with Crippen LogP contribution >= 0.6 is 11.6 Å². The molecule has 1 aromatic heterocycles. The Bertz CT molecular complexity index is 1420. The molecule has 1 amide bonds. The van der Waals surface area contributed by atoms with Gasteiger partial charge in [-0.3, -0.25) is 4.79 Å². The quantitative estimate of drug-likeness (QED) is 0.428. The lowest BCUT2D eigenvalue weighted by atomic mass is 10.1. The van der Waals surface area contributed by atoms with Crippen LogP contribution in [0.15, 0.2) is 83.8 Å². The van der Waals surface area contributed by atoms with Gasteiger partial charge in [-0.05, 0) is 60.7 Å². The van der Waals surface area contributed by atoms with Gasteiger partial charge >= 0.3 is 0 Å². The normalized spacial score (nSPS) is 11.4. The monoisotopic (exact) mass is 484 g/mol. The van der Waals surface area contributed by atoms with E-state index in [2.05, 4.69) is 10.4 Å². The predicted octanol–water partition coefficient (Wildman–Crippen LogP) is 4.16. The Morgan fingerprint density at radius 1 is 1.03 bits per heavy atom. The second-order valence-electron chi connectivity index (χ2n) is 7.21. The first kappa shape index (κ1) is 22.7. The van der Waals surface area contributed by atoms with Crippen LogP contribution in [0.4, 0.5) is 10.1 Å².